The Kier molecular flexibility index (Phi) is 3.85. The lowest BCUT2D eigenvalue weighted by atomic mass is 10.1. The number of methoxy groups -OCH3 is 2. The van der Waals surface area contributed by atoms with Gasteiger partial charge in [0.1, 0.15) is 11.5 Å². The van der Waals surface area contributed by atoms with Crippen molar-refractivity contribution in [1.29, 1.82) is 0 Å². The smallest absolute Gasteiger partial charge is 0.267 e. The standard InChI is InChI=1S/C10H13F2NO2/c1-14-8-4-7(10(11)12)9(15-2)3-6(8)5-13/h3-4,10H,5,13H2,1-2H3. The molecule has 2 N–H and O–H groups in total. The van der Waals surface area contributed by atoms with Crippen molar-refractivity contribution >= 4 is 0 Å². The Balaban J connectivity index is 3.27. The summed E-state index contributed by atoms with van der Waals surface area (Å²) in [5.41, 5.74) is 5.90. The minimum absolute atomic E-state index is 0.131. The van der Waals surface area contributed by atoms with E-state index < -0.39 is 6.43 Å². The summed E-state index contributed by atoms with van der Waals surface area (Å²) in [6.07, 6.45) is -2.60. The summed E-state index contributed by atoms with van der Waals surface area (Å²) in [5.74, 6) is 0.486. The minimum Gasteiger partial charge on any atom is -0.496 e. The second-order valence-corrected chi connectivity index (χ2v) is 2.91. The number of hydrogen-bond acceptors (Lipinski definition) is 3. The van der Waals surface area contributed by atoms with E-state index in [0.29, 0.717) is 11.3 Å². The third-order valence-electron chi connectivity index (χ3n) is 2.09. The van der Waals surface area contributed by atoms with Gasteiger partial charge in [-0.2, -0.15) is 0 Å². The van der Waals surface area contributed by atoms with Gasteiger partial charge in [0, 0.05) is 12.1 Å². The van der Waals surface area contributed by atoms with E-state index in [2.05, 4.69) is 0 Å². The number of nitrogens with two attached hydrogens (primary N) is 1. The average molecular weight is 217 g/mol. The molecule has 0 fully saturated rings. The number of benzene rings is 1. The molecule has 15 heavy (non-hydrogen) atoms. The van der Waals surface area contributed by atoms with Crippen LogP contribution >= 0.6 is 0 Å². The molecule has 0 heterocycles. The first-order valence-electron chi connectivity index (χ1n) is 4.37. The summed E-state index contributed by atoms with van der Waals surface area (Å²) in [4.78, 5) is 0. The predicted molar refractivity (Wildman–Crippen MR) is 52.4 cm³/mol. The fraction of sp³-hybridized carbons (Fsp3) is 0.400. The quantitative estimate of drug-likeness (QED) is 0.839. The predicted octanol–water partition coefficient (Wildman–Crippen LogP) is 2.10. The van der Waals surface area contributed by atoms with Crippen molar-refractivity contribution in [3.05, 3.63) is 23.3 Å². The van der Waals surface area contributed by atoms with Crippen LogP contribution in [0, 0.1) is 0 Å². The van der Waals surface area contributed by atoms with Crippen molar-refractivity contribution in [2.45, 2.75) is 13.0 Å². The molecule has 0 unspecified atom stereocenters. The minimum atomic E-state index is -2.60. The SMILES string of the molecule is COc1cc(C(F)F)c(OC)cc1CN. The highest BCUT2D eigenvalue weighted by Gasteiger charge is 2.17. The normalized spacial score (nSPS) is 10.5. The highest BCUT2D eigenvalue weighted by Crippen LogP contribution is 2.34. The summed E-state index contributed by atoms with van der Waals surface area (Å²) in [6.45, 7) is 0.211. The first-order valence-corrected chi connectivity index (χ1v) is 4.37. The summed E-state index contributed by atoms with van der Waals surface area (Å²) < 4.78 is 35.0. The van der Waals surface area contributed by atoms with Crippen LogP contribution in [0.5, 0.6) is 11.5 Å². The third kappa shape index (κ3) is 2.36. The van der Waals surface area contributed by atoms with Crippen molar-refractivity contribution in [3.8, 4) is 11.5 Å². The molecule has 0 aliphatic heterocycles. The van der Waals surface area contributed by atoms with Gasteiger partial charge in [-0.1, -0.05) is 0 Å². The fourth-order valence-corrected chi connectivity index (χ4v) is 1.31. The summed E-state index contributed by atoms with van der Waals surface area (Å²) in [5, 5.41) is 0. The van der Waals surface area contributed by atoms with Gasteiger partial charge in [0.15, 0.2) is 0 Å². The molecule has 1 rings (SSSR count). The van der Waals surface area contributed by atoms with Gasteiger partial charge in [-0.3, -0.25) is 0 Å². The summed E-state index contributed by atoms with van der Waals surface area (Å²) in [7, 11) is 2.75. The van der Waals surface area contributed by atoms with Crippen molar-refractivity contribution < 1.29 is 18.3 Å². The van der Waals surface area contributed by atoms with Crippen LogP contribution < -0.4 is 15.2 Å². The molecule has 1 aromatic carbocycles. The van der Waals surface area contributed by atoms with Crippen LogP contribution in [0.1, 0.15) is 17.6 Å². The van der Waals surface area contributed by atoms with Crippen molar-refractivity contribution in [2.75, 3.05) is 14.2 Å². The van der Waals surface area contributed by atoms with Crippen LogP contribution in [-0.4, -0.2) is 14.2 Å². The first-order chi connectivity index (χ1) is 7.13. The number of alkyl halides is 2. The molecule has 0 spiro atoms. The molecule has 5 heteroatoms. The van der Waals surface area contributed by atoms with Crippen molar-refractivity contribution in [3.63, 3.8) is 0 Å². The van der Waals surface area contributed by atoms with Crippen LogP contribution in [0.3, 0.4) is 0 Å². The van der Waals surface area contributed by atoms with Crippen LogP contribution in [0.15, 0.2) is 12.1 Å². The molecule has 0 atom stereocenters. The molecule has 0 aliphatic rings. The Hall–Kier alpha value is -1.36. The zero-order chi connectivity index (χ0) is 11.4. The largest absolute Gasteiger partial charge is 0.496 e. The molecule has 0 radical (unpaired) electrons. The zero-order valence-electron chi connectivity index (χ0n) is 8.59. The van der Waals surface area contributed by atoms with Gasteiger partial charge < -0.3 is 15.2 Å². The van der Waals surface area contributed by atoms with Crippen LogP contribution in [0.2, 0.25) is 0 Å². The lowest BCUT2D eigenvalue weighted by Crippen LogP contribution is -2.03. The lowest BCUT2D eigenvalue weighted by molar-refractivity contribution is 0.146. The van der Waals surface area contributed by atoms with Gasteiger partial charge in [-0.05, 0) is 12.1 Å². The van der Waals surface area contributed by atoms with Crippen LogP contribution in [0.25, 0.3) is 0 Å². The molecule has 0 bridgehead atoms. The highest BCUT2D eigenvalue weighted by atomic mass is 19.3. The molecule has 84 valence electrons. The maximum Gasteiger partial charge on any atom is 0.267 e. The Bertz CT molecular complexity index is 342. The van der Waals surface area contributed by atoms with Gasteiger partial charge in [-0.15, -0.1) is 0 Å². The van der Waals surface area contributed by atoms with E-state index in [9.17, 15) is 8.78 Å². The van der Waals surface area contributed by atoms with Crippen molar-refractivity contribution in [2.24, 2.45) is 5.73 Å². The topological polar surface area (TPSA) is 44.5 Å². The molecule has 0 aliphatic carbocycles. The summed E-state index contributed by atoms with van der Waals surface area (Å²) >= 11 is 0. The number of ether oxygens (including phenoxy) is 2. The molecule has 0 amide bonds. The maximum absolute atomic E-state index is 12.6. The Labute approximate surface area is 86.8 Å². The second-order valence-electron chi connectivity index (χ2n) is 2.91. The monoisotopic (exact) mass is 217 g/mol. The second kappa shape index (κ2) is 4.93. The van der Waals surface area contributed by atoms with Gasteiger partial charge in [0.2, 0.25) is 0 Å². The van der Waals surface area contributed by atoms with Gasteiger partial charge in [0.05, 0.1) is 19.8 Å². The van der Waals surface area contributed by atoms with Gasteiger partial charge in [0.25, 0.3) is 6.43 Å². The van der Waals surface area contributed by atoms with E-state index >= 15 is 0 Å². The third-order valence-corrected chi connectivity index (χ3v) is 2.09. The van der Waals surface area contributed by atoms with Gasteiger partial charge in [-0.25, -0.2) is 8.78 Å². The molecule has 0 saturated heterocycles. The van der Waals surface area contributed by atoms with Crippen LogP contribution in [-0.2, 0) is 6.54 Å². The van der Waals surface area contributed by atoms with E-state index in [-0.39, 0.29) is 17.9 Å². The molecular weight excluding hydrogens is 204 g/mol. The van der Waals surface area contributed by atoms with E-state index in [0.717, 1.165) is 0 Å². The lowest BCUT2D eigenvalue weighted by Gasteiger charge is -2.13. The van der Waals surface area contributed by atoms with Gasteiger partial charge >= 0.3 is 0 Å². The molecule has 3 nitrogen and oxygen atoms in total. The Morgan fingerprint density at radius 1 is 1.20 bits per heavy atom. The molecular formula is C10H13F2NO2. The molecule has 0 saturated carbocycles. The average Bonchev–Trinajstić information content (AvgIpc) is 2.26. The van der Waals surface area contributed by atoms with E-state index in [1.807, 2.05) is 0 Å². The van der Waals surface area contributed by atoms with E-state index in [1.54, 1.807) is 0 Å². The molecule has 0 aromatic heterocycles. The fourth-order valence-electron chi connectivity index (χ4n) is 1.31. The van der Waals surface area contributed by atoms with Crippen molar-refractivity contribution in [1.82, 2.24) is 0 Å². The van der Waals surface area contributed by atoms with E-state index in [1.165, 1.54) is 26.4 Å². The summed E-state index contributed by atoms with van der Waals surface area (Å²) in [6, 6.07) is 2.73. The first kappa shape index (κ1) is 11.7. The number of hydrogen-bond donors (Lipinski definition) is 1. The van der Waals surface area contributed by atoms with Crippen LogP contribution in [0.4, 0.5) is 8.78 Å². The maximum atomic E-state index is 12.6. The zero-order valence-corrected chi connectivity index (χ0v) is 8.59. The molecule has 1 aromatic rings. The Morgan fingerprint density at radius 2 is 1.80 bits per heavy atom. The number of halogens is 2. The Morgan fingerprint density at radius 3 is 2.20 bits per heavy atom. The van der Waals surface area contributed by atoms with E-state index in [4.69, 9.17) is 15.2 Å². The number of rotatable bonds is 4. The highest BCUT2D eigenvalue weighted by molar-refractivity contribution is 5.47.